The number of nitriles is 1. The standard InChI is InChI=1S/C29H33N5O4/c1-18(2)37-26-10-7-20(15-21(26)16-30)28-32-27(33-38-28)24-6-4-5-23-22(24)8-9-25(23)31-29(35)34-13-11-19(12-14-34)17-36-3/h4-7,10,15,18-19,25H,8-9,11-14,17H2,1-3H3,(H,31,35). The van der Waals surface area contributed by atoms with Gasteiger partial charge in [0.2, 0.25) is 5.82 Å². The van der Waals surface area contributed by atoms with E-state index in [1.165, 1.54) is 0 Å². The summed E-state index contributed by atoms with van der Waals surface area (Å²) in [4.78, 5) is 19.5. The summed E-state index contributed by atoms with van der Waals surface area (Å²) >= 11 is 0. The first kappa shape index (κ1) is 25.7. The summed E-state index contributed by atoms with van der Waals surface area (Å²) in [6, 6.07) is 13.4. The van der Waals surface area contributed by atoms with Crippen LogP contribution in [0.5, 0.6) is 5.75 Å². The molecule has 1 N–H and O–H groups in total. The van der Waals surface area contributed by atoms with Crippen molar-refractivity contribution in [3.8, 4) is 34.7 Å². The molecule has 2 amide bonds. The van der Waals surface area contributed by atoms with E-state index in [0.717, 1.165) is 62.1 Å². The number of hydrogen-bond donors (Lipinski definition) is 1. The Hall–Kier alpha value is -3.90. The number of aromatic nitrogens is 2. The lowest BCUT2D eigenvalue weighted by atomic mass is 9.98. The summed E-state index contributed by atoms with van der Waals surface area (Å²) in [6.07, 6.45) is 3.54. The summed E-state index contributed by atoms with van der Waals surface area (Å²) in [6.45, 7) is 6.09. The molecular weight excluding hydrogens is 482 g/mol. The van der Waals surface area contributed by atoms with E-state index >= 15 is 0 Å². The zero-order valence-corrected chi connectivity index (χ0v) is 22.1. The van der Waals surface area contributed by atoms with Crippen LogP contribution < -0.4 is 10.1 Å². The quantitative estimate of drug-likeness (QED) is 0.465. The minimum absolute atomic E-state index is 0.0100. The Bertz CT molecular complexity index is 1340. The van der Waals surface area contributed by atoms with Crippen LogP contribution in [-0.2, 0) is 11.2 Å². The molecule has 1 unspecified atom stereocenters. The number of likely N-dealkylation sites (tertiary alicyclic amines) is 1. The third-order valence-corrected chi connectivity index (χ3v) is 7.25. The predicted octanol–water partition coefficient (Wildman–Crippen LogP) is 5.12. The van der Waals surface area contributed by atoms with E-state index in [-0.39, 0.29) is 18.2 Å². The van der Waals surface area contributed by atoms with Crippen molar-refractivity contribution in [2.24, 2.45) is 5.92 Å². The Morgan fingerprint density at radius 1 is 1.24 bits per heavy atom. The molecule has 0 spiro atoms. The van der Waals surface area contributed by atoms with Crippen molar-refractivity contribution in [2.45, 2.75) is 51.7 Å². The van der Waals surface area contributed by atoms with Crippen LogP contribution >= 0.6 is 0 Å². The molecule has 3 aromatic rings. The van der Waals surface area contributed by atoms with Gasteiger partial charge in [0, 0.05) is 37.9 Å². The molecule has 2 aromatic carbocycles. The van der Waals surface area contributed by atoms with Crippen LogP contribution in [0, 0.1) is 17.2 Å². The van der Waals surface area contributed by atoms with E-state index in [0.29, 0.717) is 34.5 Å². The second kappa shape index (κ2) is 11.2. The molecule has 1 fully saturated rings. The van der Waals surface area contributed by atoms with Crippen LogP contribution in [0.3, 0.4) is 0 Å². The number of methoxy groups -OCH3 is 1. The van der Waals surface area contributed by atoms with Gasteiger partial charge in [-0.2, -0.15) is 10.2 Å². The molecule has 1 saturated heterocycles. The smallest absolute Gasteiger partial charge is 0.317 e. The predicted molar refractivity (Wildman–Crippen MR) is 141 cm³/mol. The topological polar surface area (TPSA) is 114 Å². The van der Waals surface area contributed by atoms with Crippen LogP contribution in [0.15, 0.2) is 40.9 Å². The molecule has 2 heterocycles. The highest BCUT2D eigenvalue weighted by Gasteiger charge is 2.30. The minimum Gasteiger partial charge on any atom is -0.490 e. The van der Waals surface area contributed by atoms with Crippen molar-refractivity contribution < 1.29 is 18.8 Å². The number of rotatable bonds is 7. The highest BCUT2D eigenvalue weighted by molar-refractivity contribution is 5.76. The van der Waals surface area contributed by atoms with Gasteiger partial charge in [0.05, 0.1) is 17.7 Å². The largest absolute Gasteiger partial charge is 0.490 e. The average Bonchev–Trinajstić information content (AvgIpc) is 3.57. The minimum atomic E-state index is -0.0489. The fourth-order valence-electron chi connectivity index (χ4n) is 5.35. The van der Waals surface area contributed by atoms with E-state index < -0.39 is 0 Å². The Balaban J connectivity index is 1.31. The molecule has 1 atom stereocenters. The molecule has 2 aliphatic rings. The SMILES string of the molecule is COCC1CCN(C(=O)NC2CCc3c(-c4noc(-c5ccc(OC(C)C)c(C#N)c5)n4)cccc32)CC1. The number of carbonyl (C=O) groups is 1. The van der Waals surface area contributed by atoms with E-state index in [9.17, 15) is 10.1 Å². The number of nitrogens with one attached hydrogen (secondary N) is 1. The highest BCUT2D eigenvalue weighted by Crippen LogP contribution is 2.38. The molecule has 5 rings (SSSR count). The van der Waals surface area contributed by atoms with Gasteiger partial charge >= 0.3 is 6.03 Å². The Kier molecular flexibility index (Phi) is 7.61. The lowest BCUT2D eigenvalue weighted by Crippen LogP contribution is -2.45. The lowest BCUT2D eigenvalue weighted by Gasteiger charge is -2.32. The molecule has 1 aliphatic carbocycles. The van der Waals surface area contributed by atoms with Crippen LogP contribution in [0.2, 0.25) is 0 Å². The molecule has 9 nitrogen and oxygen atoms in total. The number of urea groups is 1. The first-order valence-electron chi connectivity index (χ1n) is 13.2. The number of ether oxygens (including phenoxy) is 2. The zero-order valence-electron chi connectivity index (χ0n) is 22.1. The van der Waals surface area contributed by atoms with E-state index in [1.807, 2.05) is 36.9 Å². The second-order valence-electron chi connectivity index (χ2n) is 10.2. The number of carbonyl (C=O) groups excluding carboxylic acids is 1. The number of fused-ring (bicyclic) bond motifs is 1. The first-order chi connectivity index (χ1) is 18.5. The lowest BCUT2D eigenvalue weighted by molar-refractivity contribution is 0.106. The van der Waals surface area contributed by atoms with Gasteiger partial charge in [-0.3, -0.25) is 0 Å². The van der Waals surface area contributed by atoms with Gasteiger partial charge < -0.3 is 24.2 Å². The number of benzene rings is 2. The highest BCUT2D eigenvalue weighted by atomic mass is 16.5. The maximum absolute atomic E-state index is 13.0. The Morgan fingerprint density at radius 3 is 2.79 bits per heavy atom. The summed E-state index contributed by atoms with van der Waals surface area (Å²) in [7, 11) is 1.73. The van der Waals surface area contributed by atoms with Gasteiger partial charge in [0.15, 0.2) is 0 Å². The number of nitrogens with zero attached hydrogens (tertiary/aromatic N) is 4. The van der Waals surface area contributed by atoms with Crippen LogP contribution in [0.4, 0.5) is 4.79 Å². The van der Waals surface area contributed by atoms with Gasteiger partial charge in [-0.1, -0.05) is 23.4 Å². The van der Waals surface area contributed by atoms with Crippen molar-refractivity contribution in [1.29, 1.82) is 5.26 Å². The van der Waals surface area contributed by atoms with Crippen molar-refractivity contribution >= 4 is 6.03 Å². The van der Waals surface area contributed by atoms with Crippen molar-refractivity contribution in [1.82, 2.24) is 20.4 Å². The van der Waals surface area contributed by atoms with Crippen molar-refractivity contribution in [3.05, 3.63) is 53.1 Å². The van der Waals surface area contributed by atoms with Crippen LogP contribution in [-0.4, -0.2) is 54.0 Å². The average molecular weight is 516 g/mol. The Morgan fingerprint density at radius 2 is 2.05 bits per heavy atom. The zero-order chi connectivity index (χ0) is 26.6. The van der Waals surface area contributed by atoms with Gasteiger partial charge in [0.25, 0.3) is 5.89 Å². The van der Waals surface area contributed by atoms with Gasteiger partial charge in [-0.25, -0.2) is 4.79 Å². The maximum atomic E-state index is 13.0. The normalized spacial score (nSPS) is 17.3. The molecule has 0 bridgehead atoms. The van der Waals surface area contributed by atoms with Gasteiger partial charge in [0.1, 0.15) is 11.8 Å². The second-order valence-corrected chi connectivity index (χ2v) is 10.2. The van der Waals surface area contributed by atoms with Gasteiger partial charge in [-0.05, 0) is 74.8 Å². The molecule has 9 heteroatoms. The number of hydrogen-bond acceptors (Lipinski definition) is 7. The molecule has 198 valence electrons. The monoisotopic (exact) mass is 515 g/mol. The van der Waals surface area contributed by atoms with Crippen LogP contribution in [0.25, 0.3) is 22.8 Å². The third kappa shape index (κ3) is 5.36. The van der Waals surface area contributed by atoms with Gasteiger partial charge in [-0.15, -0.1) is 0 Å². The summed E-state index contributed by atoms with van der Waals surface area (Å²) < 4.78 is 16.6. The fraction of sp³-hybridized carbons (Fsp3) is 0.448. The summed E-state index contributed by atoms with van der Waals surface area (Å²) in [5, 5.41) is 17.0. The molecule has 1 aliphatic heterocycles. The molecule has 0 radical (unpaired) electrons. The molecule has 38 heavy (non-hydrogen) atoms. The molecule has 0 saturated carbocycles. The fourth-order valence-corrected chi connectivity index (χ4v) is 5.35. The maximum Gasteiger partial charge on any atom is 0.317 e. The third-order valence-electron chi connectivity index (χ3n) is 7.25. The van der Waals surface area contributed by atoms with E-state index in [4.69, 9.17) is 14.0 Å². The van der Waals surface area contributed by atoms with E-state index in [2.05, 4.69) is 27.6 Å². The first-order valence-corrected chi connectivity index (χ1v) is 13.2. The summed E-state index contributed by atoms with van der Waals surface area (Å²) in [5.41, 5.74) is 4.19. The molecular formula is C29H33N5O4. The number of piperidine rings is 1. The van der Waals surface area contributed by atoms with Crippen molar-refractivity contribution in [3.63, 3.8) is 0 Å². The van der Waals surface area contributed by atoms with Crippen LogP contribution in [0.1, 0.15) is 55.8 Å². The van der Waals surface area contributed by atoms with Crippen molar-refractivity contribution in [2.75, 3.05) is 26.8 Å². The Labute approximate surface area is 222 Å². The summed E-state index contributed by atoms with van der Waals surface area (Å²) in [5.74, 6) is 1.88. The molecule has 1 aromatic heterocycles. The van der Waals surface area contributed by atoms with E-state index in [1.54, 1.807) is 19.2 Å². The number of amides is 2.